The number of benzene rings is 2. The third-order valence-electron chi connectivity index (χ3n) is 3.06. The van der Waals surface area contributed by atoms with Gasteiger partial charge in [0.1, 0.15) is 12.4 Å². The van der Waals surface area contributed by atoms with Crippen LogP contribution in [0.3, 0.4) is 0 Å². The molecule has 0 atom stereocenters. The summed E-state index contributed by atoms with van der Waals surface area (Å²) >= 11 is 0. The van der Waals surface area contributed by atoms with Gasteiger partial charge < -0.3 is 19.9 Å². The molecule has 0 bridgehead atoms. The lowest BCUT2D eigenvalue weighted by Gasteiger charge is -2.13. The molecule has 20 heavy (non-hydrogen) atoms. The predicted molar refractivity (Wildman–Crippen MR) is 79.5 cm³/mol. The summed E-state index contributed by atoms with van der Waals surface area (Å²) in [6, 6.07) is 11.4. The molecule has 0 aliphatic rings. The molecule has 0 fully saturated rings. The standard InChI is InChI=1S/C16H19NO3/c1-11-4-7-15(16(8-11)19-3)20-10-12-5-6-13(18-2)9-14(12)17/h4-9H,10,17H2,1-3H3. The number of hydrogen-bond donors (Lipinski definition) is 1. The molecule has 2 aromatic rings. The van der Waals surface area contributed by atoms with E-state index in [2.05, 4.69) is 0 Å². The van der Waals surface area contributed by atoms with Crippen LogP contribution in [0.4, 0.5) is 5.69 Å². The molecule has 0 saturated carbocycles. The topological polar surface area (TPSA) is 53.7 Å². The van der Waals surface area contributed by atoms with E-state index in [1.165, 1.54) is 0 Å². The van der Waals surface area contributed by atoms with E-state index < -0.39 is 0 Å². The molecule has 0 radical (unpaired) electrons. The number of rotatable bonds is 5. The van der Waals surface area contributed by atoms with Crippen molar-refractivity contribution in [1.82, 2.24) is 0 Å². The van der Waals surface area contributed by atoms with Gasteiger partial charge in [-0.2, -0.15) is 0 Å². The van der Waals surface area contributed by atoms with Crippen LogP contribution >= 0.6 is 0 Å². The molecule has 4 heteroatoms. The first kappa shape index (κ1) is 14.1. The van der Waals surface area contributed by atoms with E-state index in [1.807, 2.05) is 37.3 Å². The monoisotopic (exact) mass is 273 g/mol. The maximum Gasteiger partial charge on any atom is 0.161 e. The molecule has 4 nitrogen and oxygen atoms in total. The van der Waals surface area contributed by atoms with Crippen molar-refractivity contribution < 1.29 is 14.2 Å². The quantitative estimate of drug-likeness (QED) is 0.850. The van der Waals surface area contributed by atoms with Gasteiger partial charge in [0.15, 0.2) is 11.5 Å². The van der Waals surface area contributed by atoms with E-state index in [-0.39, 0.29) is 0 Å². The van der Waals surface area contributed by atoms with Gasteiger partial charge in [-0.25, -0.2) is 0 Å². The van der Waals surface area contributed by atoms with Crippen molar-refractivity contribution in [3.63, 3.8) is 0 Å². The van der Waals surface area contributed by atoms with Gasteiger partial charge in [0.05, 0.1) is 14.2 Å². The van der Waals surface area contributed by atoms with Crippen molar-refractivity contribution in [2.75, 3.05) is 20.0 Å². The van der Waals surface area contributed by atoms with Crippen LogP contribution in [-0.2, 0) is 6.61 Å². The lowest BCUT2D eigenvalue weighted by atomic mass is 10.2. The lowest BCUT2D eigenvalue weighted by molar-refractivity contribution is 0.285. The minimum atomic E-state index is 0.384. The van der Waals surface area contributed by atoms with Crippen LogP contribution in [0.5, 0.6) is 17.2 Å². The van der Waals surface area contributed by atoms with Crippen molar-refractivity contribution in [3.8, 4) is 17.2 Å². The number of anilines is 1. The van der Waals surface area contributed by atoms with Gasteiger partial charge in [-0.05, 0) is 36.8 Å². The van der Waals surface area contributed by atoms with E-state index >= 15 is 0 Å². The molecule has 0 saturated heterocycles. The molecular weight excluding hydrogens is 254 g/mol. The van der Waals surface area contributed by atoms with Gasteiger partial charge in [0, 0.05) is 17.3 Å². The van der Waals surface area contributed by atoms with Gasteiger partial charge >= 0.3 is 0 Å². The summed E-state index contributed by atoms with van der Waals surface area (Å²) in [7, 11) is 3.24. The second-order valence-electron chi connectivity index (χ2n) is 4.51. The summed E-state index contributed by atoms with van der Waals surface area (Å²) in [6.45, 7) is 2.39. The fraction of sp³-hybridized carbons (Fsp3) is 0.250. The molecule has 2 rings (SSSR count). The molecular formula is C16H19NO3. The van der Waals surface area contributed by atoms with Crippen LogP contribution in [0.25, 0.3) is 0 Å². The second-order valence-corrected chi connectivity index (χ2v) is 4.51. The number of hydrogen-bond acceptors (Lipinski definition) is 4. The van der Waals surface area contributed by atoms with Crippen LogP contribution in [0.1, 0.15) is 11.1 Å². The zero-order valence-electron chi connectivity index (χ0n) is 12.0. The Morgan fingerprint density at radius 2 is 1.75 bits per heavy atom. The van der Waals surface area contributed by atoms with Gasteiger partial charge in [-0.15, -0.1) is 0 Å². The van der Waals surface area contributed by atoms with E-state index in [0.29, 0.717) is 18.0 Å². The average Bonchev–Trinajstić information content (AvgIpc) is 2.46. The first-order valence-corrected chi connectivity index (χ1v) is 6.34. The summed E-state index contributed by atoms with van der Waals surface area (Å²) in [5.74, 6) is 2.16. The third-order valence-corrected chi connectivity index (χ3v) is 3.06. The summed E-state index contributed by atoms with van der Waals surface area (Å²) in [5, 5.41) is 0. The Bertz CT molecular complexity index is 596. The maximum absolute atomic E-state index is 5.96. The van der Waals surface area contributed by atoms with Crippen molar-refractivity contribution in [2.45, 2.75) is 13.5 Å². The normalized spacial score (nSPS) is 10.2. The van der Waals surface area contributed by atoms with Crippen molar-refractivity contribution in [2.24, 2.45) is 0 Å². The number of nitrogen functional groups attached to an aromatic ring is 1. The van der Waals surface area contributed by atoms with Gasteiger partial charge in [0.25, 0.3) is 0 Å². The summed E-state index contributed by atoms with van der Waals surface area (Å²) in [4.78, 5) is 0. The predicted octanol–water partition coefficient (Wildman–Crippen LogP) is 3.17. The maximum atomic E-state index is 5.96. The smallest absolute Gasteiger partial charge is 0.161 e. The minimum absolute atomic E-state index is 0.384. The molecule has 0 aliphatic carbocycles. The summed E-state index contributed by atoms with van der Waals surface area (Å²) in [6.07, 6.45) is 0. The number of ether oxygens (including phenoxy) is 3. The Morgan fingerprint density at radius 3 is 2.40 bits per heavy atom. The Morgan fingerprint density at radius 1 is 0.950 bits per heavy atom. The third kappa shape index (κ3) is 3.15. The Balaban J connectivity index is 2.12. The molecule has 106 valence electrons. The van der Waals surface area contributed by atoms with Crippen LogP contribution < -0.4 is 19.9 Å². The van der Waals surface area contributed by atoms with Crippen molar-refractivity contribution in [3.05, 3.63) is 47.5 Å². The van der Waals surface area contributed by atoms with E-state index in [0.717, 1.165) is 22.6 Å². The van der Waals surface area contributed by atoms with Crippen LogP contribution in [0.15, 0.2) is 36.4 Å². The first-order valence-electron chi connectivity index (χ1n) is 6.34. The Kier molecular flexibility index (Phi) is 4.35. The first-order chi connectivity index (χ1) is 9.63. The van der Waals surface area contributed by atoms with E-state index in [4.69, 9.17) is 19.9 Å². The highest BCUT2D eigenvalue weighted by Gasteiger charge is 2.07. The highest BCUT2D eigenvalue weighted by atomic mass is 16.5. The van der Waals surface area contributed by atoms with Gasteiger partial charge in [-0.3, -0.25) is 0 Å². The number of aryl methyl sites for hydroxylation is 1. The molecule has 0 amide bonds. The van der Waals surface area contributed by atoms with Crippen LogP contribution in [0.2, 0.25) is 0 Å². The van der Waals surface area contributed by atoms with Crippen LogP contribution in [0, 0.1) is 6.92 Å². The highest BCUT2D eigenvalue weighted by Crippen LogP contribution is 2.29. The molecule has 0 heterocycles. The SMILES string of the molecule is COc1ccc(COc2ccc(C)cc2OC)c(N)c1. The second kappa shape index (κ2) is 6.19. The fourth-order valence-electron chi connectivity index (χ4n) is 1.88. The largest absolute Gasteiger partial charge is 0.497 e. The summed E-state index contributed by atoms with van der Waals surface area (Å²) < 4.78 is 16.2. The lowest BCUT2D eigenvalue weighted by Crippen LogP contribution is -2.02. The summed E-state index contributed by atoms with van der Waals surface area (Å²) in [5.41, 5.74) is 8.65. The van der Waals surface area contributed by atoms with Gasteiger partial charge in [0.2, 0.25) is 0 Å². The number of methoxy groups -OCH3 is 2. The zero-order valence-corrected chi connectivity index (χ0v) is 12.0. The Labute approximate surface area is 119 Å². The fourth-order valence-corrected chi connectivity index (χ4v) is 1.88. The average molecular weight is 273 g/mol. The Hall–Kier alpha value is -2.36. The van der Waals surface area contributed by atoms with E-state index in [9.17, 15) is 0 Å². The minimum Gasteiger partial charge on any atom is -0.497 e. The van der Waals surface area contributed by atoms with Crippen LogP contribution in [-0.4, -0.2) is 14.2 Å². The number of nitrogens with two attached hydrogens (primary N) is 1. The molecule has 0 aliphatic heterocycles. The zero-order chi connectivity index (χ0) is 14.5. The van der Waals surface area contributed by atoms with Crippen molar-refractivity contribution >= 4 is 5.69 Å². The van der Waals surface area contributed by atoms with Gasteiger partial charge in [-0.1, -0.05) is 6.07 Å². The molecule has 0 aromatic heterocycles. The van der Waals surface area contributed by atoms with Crippen molar-refractivity contribution in [1.29, 1.82) is 0 Å². The molecule has 0 unspecified atom stereocenters. The molecule has 2 N–H and O–H groups in total. The molecule has 0 spiro atoms. The molecule has 2 aromatic carbocycles. The highest BCUT2D eigenvalue weighted by molar-refractivity contribution is 5.51. The van der Waals surface area contributed by atoms with E-state index in [1.54, 1.807) is 20.3 Å².